The summed E-state index contributed by atoms with van der Waals surface area (Å²) < 4.78 is 54.1. The lowest BCUT2D eigenvalue weighted by Crippen LogP contribution is -2.44. The molecule has 1 heterocycles. The third-order valence-corrected chi connectivity index (χ3v) is 10.1. The number of esters is 3. The summed E-state index contributed by atoms with van der Waals surface area (Å²) in [5.41, 5.74) is 0.920. The molecule has 0 amide bonds. The van der Waals surface area contributed by atoms with Crippen LogP contribution in [0.2, 0.25) is 0 Å². The van der Waals surface area contributed by atoms with Crippen molar-refractivity contribution >= 4 is 73.2 Å². The van der Waals surface area contributed by atoms with E-state index >= 15 is 0 Å². The van der Waals surface area contributed by atoms with Crippen molar-refractivity contribution in [3.05, 3.63) is 54.2 Å². The first-order valence-corrected chi connectivity index (χ1v) is 15.5. The number of halogens is 2. The third kappa shape index (κ3) is 4.74. The minimum atomic E-state index is -4.73. The molecule has 1 saturated heterocycles. The smallest absolute Gasteiger partial charge is 0.339 e. The molecule has 9 nitrogen and oxygen atoms in total. The minimum Gasteiger partial charge on any atom is -0.744 e. The number of rotatable bonds is 6. The Labute approximate surface area is 247 Å². The summed E-state index contributed by atoms with van der Waals surface area (Å²) in [4.78, 5) is 38.9. The highest BCUT2D eigenvalue weighted by Gasteiger charge is 2.70. The Balaban J connectivity index is 1.42. The molecule has 12 heteroatoms. The van der Waals surface area contributed by atoms with Crippen LogP contribution in [0.4, 0.5) is 0 Å². The number of carbonyl (C=O) groups excluding carboxylic acids is 3. The maximum atomic E-state index is 13.5. The van der Waals surface area contributed by atoms with Crippen LogP contribution in [0, 0.1) is 37.7 Å². The standard InChI is InChI=1S/C26H24I2O9S/c1-10(2)14-9-18(11(3)6-19(14)38(32,33)34)35-25(30)20-15-8-16-21(20)26(31)37-23(16)22(15)36-24(29)13-5-4-12(27)7-17(13)28/h4-7,9-10,15-16,20-23H,8H2,1-3H3,(H,32,33,34)/p-1. The number of hydrogen-bond acceptors (Lipinski definition) is 9. The van der Waals surface area contributed by atoms with Crippen molar-refractivity contribution in [1.82, 2.24) is 0 Å². The van der Waals surface area contributed by atoms with Crippen molar-refractivity contribution in [2.75, 3.05) is 0 Å². The Morgan fingerprint density at radius 1 is 1.13 bits per heavy atom. The lowest BCUT2D eigenvalue weighted by atomic mass is 9.78. The molecule has 0 radical (unpaired) electrons. The normalized spacial score (nSPS) is 27.5. The van der Waals surface area contributed by atoms with Crippen molar-refractivity contribution in [2.45, 2.75) is 50.2 Å². The van der Waals surface area contributed by atoms with Gasteiger partial charge in [-0.1, -0.05) is 13.8 Å². The minimum absolute atomic E-state index is 0.110. The molecule has 6 atom stereocenters. The molecule has 3 aliphatic rings. The molecule has 2 aromatic carbocycles. The summed E-state index contributed by atoms with van der Waals surface area (Å²) >= 11 is 4.21. The molecule has 2 aliphatic carbocycles. The Morgan fingerprint density at radius 3 is 2.47 bits per heavy atom. The van der Waals surface area contributed by atoms with E-state index in [2.05, 4.69) is 45.2 Å². The van der Waals surface area contributed by atoms with Crippen LogP contribution in [0.15, 0.2) is 35.2 Å². The number of ether oxygens (including phenoxy) is 3. The monoisotopic (exact) mass is 765 g/mol. The van der Waals surface area contributed by atoms with E-state index in [9.17, 15) is 27.4 Å². The van der Waals surface area contributed by atoms with E-state index in [0.29, 0.717) is 17.5 Å². The topological polar surface area (TPSA) is 136 Å². The van der Waals surface area contributed by atoms with Gasteiger partial charge in [-0.05, 0) is 106 Å². The highest BCUT2D eigenvalue weighted by molar-refractivity contribution is 14.1. The molecule has 0 N–H and O–H groups in total. The van der Waals surface area contributed by atoms with Crippen molar-refractivity contribution in [1.29, 1.82) is 0 Å². The Hall–Kier alpha value is -1.78. The Bertz CT molecular complexity index is 1470. The summed E-state index contributed by atoms with van der Waals surface area (Å²) in [5, 5.41) is 0. The zero-order chi connectivity index (χ0) is 27.7. The number of carbonyl (C=O) groups is 3. The van der Waals surface area contributed by atoms with Crippen LogP contribution in [-0.2, 0) is 29.2 Å². The van der Waals surface area contributed by atoms with Crippen LogP contribution in [0.1, 0.15) is 47.7 Å². The van der Waals surface area contributed by atoms with Crippen molar-refractivity contribution in [3.8, 4) is 5.75 Å². The Morgan fingerprint density at radius 2 is 1.84 bits per heavy atom. The first-order valence-electron chi connectivity index (χ1n) is 12.0. The summed E-state index contributed by atoms with van der Waals surface area (Å²) in [6, 6.07) is 7.91. The van der Waals surface area contributed by atoms with Crippen LogP contribution in [0.25, 0.3) is 0 Å². The molecule has 2 aromatic rings. The molecule has 202 valence electrons. The van der Waals surface area contributed by atoms with Crippen LogP contribution >= 0.6 is 45.2 Å². The van der Waals surface area contributed by atoms with Gasteiger partial charge in [-0.3, -0.25) is 9.59 Å². The first kappa shape index (κ1) is 27.8. The van der Waals surface area contributed by atoms with E-state index in [1.54, 1.807) is 26.0 Å². The van der Waals surface area contributed by atoms with Gasteiger partial charge in [-0.15, -0.1) is 0 Å². The van der Waals surface area contributed by atoms with E-state index < -0.39 is 58.0 Å². The van der Waals surface area contributed by atoms with E-state index in [0.717, 1.165) is 7.14 Å². The van der Waals surface area contributed by atoms with Crippen LogP contribution in [0.3, 0.4) is 0 Å². The highest BCUT2D eigenvalue weighted by atomic mass is 127. The fraction of sp³-hybridized carbons (Fsp3) is 0.423. The zero-order valence-corrected chi connectivity index (χ0v) is 25.6. The second-order valence-corrected chi connectivity index (χ2v) is 14.0. The first-order chi connectivity index (χ1) is 17.8. The van der Waals surface area contributed by atoms with Gasteiger partial charge in [0.1, 0.15) is 28.1 Å². The second-order valence-electron chi connectivity index (χ2n) is 10.2. The van der Waals surface area contributed by atoms with Gasteiger partial charge in [-0.2, -0.15) is 0 Å². The predicted molar refractivity (Wildman–Crippen MR) is 148 cm³/mol. The van der Waals surface area contributed by atoms with Crippen LogP contribution in [0.5, 0.6) is 5.75 Å². The molecule has 2 saturated carbocycles. The Kier molecular flexibility index (Phi) is 7.31. The maximum absolute atomic E-state index is 13.5. The maximum Gasteiger partial charge on any atom is 0.339 e. The predicted octanol–water partition coefficient (Wildman–Crippen LogP) is 4.17. The highest BCUT2D eigenvalue weighted by Crippen LogP contribution is 2.59. The van der Waals surface area contributed by atoms with E-state index in [-0.39, 0.29) is 28.0 Å². The molecule has 1 aliphatic heterocycles. The molecule has 6 unspecified atom stereocenters. The largest absolute Gasteiger partial charge is 0.744 e. The van der Waals surface area contributed by atoms with Gasteiger partial charge >= 0.3 is 17.9 Å². The SMILES string of the molecule is Cc1cc(S(=O)(=O)[O-])c(C(C)C)cc1OC(=O)C1C2CC3C(OC(=O)C31)C2OC(=O)c1ccc(I)cc1I. The molecule has 3 fully saturated rings. The van der Waals surface area contributed by atoms with Crippen molar-refractivity contribution in [2.24, 2.45) is 23.7 Å². The van der Waals surface area contributed by atoms with Gasteiger partial charge in [0.25, 0.3) is 0 Å². The van der Waals surface area contributed by atoms with Crippen LogP contribution < -0.4 is 4.74 Å². The van der Waals surface area contributed by atoms with E-state index in [1.807, 2.05) is 6.07 Å². The summed E-state index contributed by atoms with van der Waals surface area (Å²) in [6.45, 7) is 4.99. The lowest BCUT2D eigenvalue weighted by Gasteiger charge is -2.30. The zero-order valence-electron chi connectivity index (χ0n) is 20.5. The van der Waals surface area contributed by atoms with Gasteiger partial charge in [0.15, 0.2) is 0 Å². The lowest BCUT2D eigenvalue weighted by molar-refractivity contribution is -0.149. The molecule has 5 rings (SSSR count). The third-order valence-electron chi connectivity index (χ3n) is 7.62. The molecule has 2 bridgehead atoms. The molecular formula is C26H23I2O9S-. The molecular weight excluding hydrogens is 742 g/mol. The number of aryl methyl sites for hydroxylation is 1. The average Bonchev–Trinajstić information content (AvgIpc) is 3.43. The van der Waals surface area contributed by atoms with E-state index in [1.165, 1.54) is 19.1 Å². The van der Waals surface area contributed by atoms with Crippen LogP contribution in [-0.4, -0.2) is 43.1 Å². The summed E-state index contributed by atoms with van der Waals surface area (Å²) in [6.07, 6.45) is -0.919. The average molecular weight is 765 g/mol. The van der Waals surface area contributed by atoms with Gasteiger partial charge in [0.2, 0.25) is 0 Å². The number of benzene rings is 2. The molecule has 0 aromatic heterocycles. The summed E-state index contributed by atoms with van der Waals surface area (Å²) in [5.74, 6) is -4.28. The summed E-state index contributed by atoms with van der Waals surface area (Å²) in [7, 11) is -4.73. The van der Waals surface area contributed by atoms with Crippen molar-refractivity contribution < 1.29 is 41.6 Å². The van der Waals surface area contributed by atoms with Crippen molar-refractivity contribution in [3.63, 3.8) is 0 Å². The van der Waals surface area contributed by atoms with Gasteiger partial charge in [-0.25, -0.2) is 13.2 Å². The fourth-order valence-electron chi connectivity index (χ4n) is 5.94. The van der Waals surface area contributed by atoms with Gasteiger partial charge in [0, 0.05) is 19.0 Å². The molecule has 0 spiro atoms. The van der Waals surface area contributed by atoms with Gasteiger partial charge < -0.3 is 18.8 Å². The second kappa shape index (κ2) is 10.0. The van der Waals surface area contributed by atoms with Gasteiger partial charge in [0.05, 0.1) is 22.3 Å². The number of fused-ring (bicyclic) bond motifs is 1. The quantitative estimate of drug-likeness (QED) is 0.184. The molecule has 38 heavy (non-hydrogen) atoms. The fourth-order valence-corrected chi connectivity index (χ4v) is 8.67. The number of hydrogen-bond donors (Lipinski definition) is 0. The van der Waals surface area contributed by atoms with E-state index in [4.69, 9.17) is 14.2 Å².